The van der Waals surface area contributed by atoms with Crippen molar-refractivity contribution in [1.29, 1.82) is 0 Å². The molecular formula is C21H22N6O3S. The molecule has 1 aliphatic heterocycles. The second-order valence-electron chi connectivity index (χ2n) is 8.34. The van der Waals surface area contributed by atoms with Crippen LogP contribution in [0.2, 0.25) is 0 Å². The largest absolute Gasteiger partial charge is 0.337 e. The van der Waals surface area contributed by atoms with Crippen molar-refractivity contribution in [2.75, 3.05) is 24.2 Å². The van der Waals surface area contributed by atoms with E-state index in [2.05, 4.69) is 19.9 Å². The van der Waals surface area contributed by atoms with E-state index >= 15 is 0 Å². The van der Waals surface area contributed by atoms with Gasteiger partial charge in [0.2, 0.25) is 15.9 Å². The number of carbonyl (C=O) groups excluding carboxylic acids is 1. The topological polar surface area (TPSA) is 124 Å². The van der Waals surface area contributed by atoms with Crippen molar-refractivity contribution in [2.24, 2.45) is 0 Å². The number of nitrogens with one attached hydrogen (secondary N) is 3. The number of benzene rings is 2. The summed E-state index contributed by atoms with van der Waals surface area (Å²) in [7, 11) is -3.33. The van der Waals surface area contributed by atoms with Gasteiger partial charge in [0.1, 0.15) is 5.69 Å². The second-order valence-corrected chi connectivity index (χ2v) is 10.2. The molecule has 1 aliphatic rings. The van der Waals surface area contributed by atoms with Gasteiger partial charge in [0.25, 0.3) is 0 Å². The molecule has 9 nitrogen and oxygen atoms in total. The van der Waals surface area contributed by atoms with E-state index in [4.69, 9.17) is 4.98 Å². The molecule has 0 bridgehead atoms. The number of anilines is 1. The molecule has 0 atom stereocenters. The lowest BCUT2D eigenvalue weighted by Gasteiger charge is -2.20. The predicted molar refractivity (Wildman–Crippen MR) is 119 cm³/mol. The number of carbonyl (C=O) groups is 1. The van der Waals surface area contributed by atoms with Crippen molar-refractivity contribution in [2.45, 2.75) is 19.3 Å². The van der Waals surface area contributed by atoms with E-state index in [0.717, 1.165) is 45.1 Å². The maximum atomic E-state index is 13.0. The quantitative estimate of drug-likeness (QED) is 0.441. The molecule has 160 valence electrons. The molecular weight excluding hydrogens is 416 g/mol. The number of nitrogens with zero attached hydrogens (tertiary/aromatic N) is 3. The third-order valence-corrected chi connectivity index (χ3v) is 6.47. The zero-order valence-electron chi connectivity index (χ0n) is 17.4. The van der Waals surface area contributed by atoms with Crippen molar-refractivity contribution in [3.8, 4) is 11.5 Å². The molecule has 5 rings (SSSR count). The number of H-pyrrole nitrogens is 2. The van der Waals surface area contributed by atoms with E-state index in [9.17, 15) is 13.2 Å². The Morgan fingerprint density at radius 1 is 1.16 bits per heavy atom. The van der Waals surface area contributed by atoms with Crippen LogP contribution in [0.1, 0.15) is 19.4 Å². The second kappa shape index (κ2) is 6.63. The normalized spacial score (nSPS) is 15.8. The first-order chi connectivity index (χ1) is 14.6. The van der Waals surface area contributed by atoms with Crippen LogP contribution in [0.5, 0.6) is 0 Å². The molecule has 3 heterocycles. The number of para-hydroxylation sites is 1. The van der Waals surface area contributed by atoms with Gasteiger partial charge in [-0.15, -0.1) is 0 Å². The number of sulfonamides is 1. The van der Waals surface area contributed by atoms with Gasteiger partial charge >= 0.3 is 0 Å². The van der Waals surface area contributed by atoms with Gasteiger partial charge < -0.3 is 9.88 Å². The number of fused-ring (bicyclic) bond motifs is 3. The summed E-state index contributed by atoms with van der Waals surface area (Å²) in [5, 5.41) is 8.40. The van der Waals surface area contributed by atoms with Crippen LogP contribution in [-0.4, -0.2) is 53.8 Å². The van der Waals surface area contributed by atoms with Crippen molar-refractivity contribution in [1.82, 2.24) is 24.9 Å². The molecule has 1 amide bonds. The molecule has 0 saturated heterocycles. The van der Waals surface area contributed by atoms with Crippen molar-refractivity contribution < 1.29 is 13.2 Å². The van der Waals surface area contributed by atoms with E-state index in [0.29, 0.717) is 5.82 Å². The summed E-state index contributed by atoms with van der Waals surface area (Å²) < 4.78 is 25.3. The number of aromatic amines is 2. The first-order valence-electron chi connectivity index (χ1n) is 9.89. The van der Waals surface area contributed by atoms with E-state index in [1.165, 1.54) is 0 Å². The smallest absolute Gasteiger partial charge is 0.237 e. The highest BCUT2D eigenvalue weighted by atomic mass is 32.2. The number of hydrogen-bond acceptors (Lipinski definition) is 5. The SMILES string of the molecule is CC1(C)C(=O)N(CCNS(C)(=O)=O)c2cc3[nH]c(-c4n[nH]c5ccccc45)nc3cc21. The first kappa shape index (κ1) is 19.7. The maximum absolute atomic E-state index is 13.0. The fraction of sp³-hybridized carbons (Fsp3) is 0.286. The zero-order chi connectivity index (χ0) is 22.0. The highest BCUT2D eigenvalue weighted by Gasteiger charge is 2.44. The zero-order valence-corrected chi connectivity index (χ0v) is 18.2. The molecule has 0 fully saturated rings. The van der Waals surface area contributed by atoms with Crippen LogP contribution in [0, 0.1) is 0 Å². The van der Waals surface area contributed by atoms with Crippen LogP contribution in [-0.2, 0) is 20.2 Å². The van der Waals surface area contributed by atoms with Gasteiger partial charge in [-0.1, -0.05) is 18.2 Å². The van der Waals surface area contributed by atoms with Gasteiger partial charge in [0, 0.05) is 18.5 Å². The third-order valence-electron chi connectivity index (χ3n) is 5.74. The van der Waals surface area contributed by atoms with Crippen molar-refractivity contribution in [3.63, 3.8) is 0 Å². The Morgan fingerprint density at radius 3 is 2.71 bits per heavy atom. The Kier molecular flexibility index (Phi) is 4.21. The number of aromatic nitrogens is 4. The van der Waals surface area contributed by atoms with Gasteiger partial charge in [0.05, 0.1) is 33.9 Å². The molecule has 3 N–H and O–H groups in total. The fourth-order valence-corrected chi connectivity index (χ4v) is 4.61. The molecule has 0 spiro atoms. The van der Waals surface area contributed by atoms with Gasteiger partial charge in [-0.25, -0.2) is 18.1 Å². The third kappa shape index (κ3) is 3.19. The van der Waals surface area contributed by atoms with Crippen LogP contribution in [0.15, 0.2) is 36.4 Å². The monoisotopic (exact) mass is 438 g/mol. The summed E-state index contributed by atoms with van der Waals surface area (Å²) in [5.74, 6) is 0.578. The Balaban J connectivity index is 1.57. The number of hydrogen-bond donors (Lipinski definition) is 3. The summed E-state index contributed by atoms with van der Waals surface area (Å²) in [4.78, 5) is 22.7. The standard InChI is InChI=1S/C21H22N6O3S/c1-21(2)13-10-15-16(11-17(13)27(20(21)28)9-8-22-31(3,29)30)24-19(23-15)18-12-6-4-5-7-14(12)25-26-18/h4-7,10-11,22H,8-9H2,1-3H3,(H,23,24)(H,25,26). The molecule has 0 saturated carbocycles. The van der Waals surface area contributed by atoms with E-state index in [1.54, 1.807) is 4.90 Å². The Bertz CT molecular complexity index is 1450. The summed E-state index contributed by atoms with van der Waals surface area (Å²) in [5.41, 5.74) is 4.10. The van der Waals surface area contributed by atoms with Crippen LogP contribution >= 0.6 is 0 Å². The highest BCUT2D eigenvalue weighted by Crippen LogP contribution is 2.43. The number of amides is 1. The van der Waals surface area contributed by atoms with Crippen molar-refractivity contribution >= 4 is 43.6 Å². The minimum Gasteiger partial charge on any atom is -0.337 e. The average Bonchev–Trinajstić information content (AvgIpc) is 3.36. The summed E-state index contributed by atoms with van der Waals surface area (Å²) in [6.07, 6.45) is 1.10. The Labute approximate surface area is 178 Å². The van der Waals surface area contributed by atoms with Crippen LogP contribution in [0.4, 0.5) is 5.69 Å². The van der Waals surface area contributed by atoms with Crippen LogP contribution < -0.4 is 9.62 Å². The van der Waals surface area contributed by atoms with Gasteiger partial charge in [0.15, 0.2) is 5.82 Å². The van der Waals surface area contributed by atoms with Crippen LogP contribution in [0.3, 0.4) is 0 Å². The van der Waals surface area contributed by atoms with E-state index < -0.39 is 15.4 Å². The lowest BCUT2D eigenvalue weighted by molar-refractivity contribution is -0.122. The number of imidazole rings is 1. The number of rotatable bonds is 5. The molecule has 0 unspecified atom stereocenters. The molecule has 2 aromatic heterocycles. The van der Waals surface area contributed by atoms with Crippen LogP contribution in [0.25, 0.3) is 33.5 Å². The minimum atomic E-state index is -3.33. The van der Waals surface area contributed by atoms with Gasteiger partial charge in [-0.2, -0.15) is 5.10 Å². The molecule has 2 aromatic carbocycles. The first-order valence-corrected chi connectivity index (χ1v) is 11.8. The fourth-order valence-electron chi connectivity index (χ4n) is 4.15. The molecule has 0 aliphatic carbocycles. The van der Waals surface area contributed by atoms with E-state index in [-0.39, 0.29) is 19.0 Å². The molecule has 0 radical (unpaired) electrons. The predicted octanol–water partition coefficient (Wildman–Crippen LogP) is 2.28. The Morgan fingerprint density at radius 2 is 1.94 bits per heavy atom. The average molecular weight is 439 g/mol. The summed E-state index contributed by atoms with van der Waals surface area (Å²) in [6, 6.07) is 11.7. The highest BCUT2D eigenvalue weighted by molar-refractivity contribution is 7.88. The van der Waals surface area contributed by atoms with E-state index in [1.807, 2.05) is 50.2 Å². The van der Waals surface area contributed by atoms with Crippen molar-refractivity contribution in [3.05, 3.63) is 42.0 Å². The summed E-state index contributed by atoms with van der Waals surface area (Å²) in [6.45, 7) is 4.14. The lowest BCUT2D eigenvalue weighted by Crippen LogP contribution is -2.40. The van der Waals surface area contributed by atoms with Gasteiger partial charge in [-0.05, 0) is 37.6 Å². The maximum Gasteiger partial charge on any atom is 0.237 e. The van der Waals surface area contributed by atoms with Gasteiger partial charge in [-0.3, -0.25) is 9.89 Å². The minimum absolute atomic E-state index is 0.0658. The molecule has 4 aromatic rings. The Hall–Kier alpha value is -3.24. The molecule has 10 heteroatoms. The lowest BCUT2D eigenvalue weighted by atomic mass is 9.86. The molecule has 31 heavy (non-hydrogen) atoms. The summed E-state index contributed by atoms with van der Waals surface area (Å²) >= 11 is 0.